The Bertz CT molecular complexity index is 693. The summed E-state index contributed by atoms with van der Waals surface area (Å²) in [6.07, 6.45) is 0.900. The second-order valence-electron chi connectivity index (χ2n) is 4.51. The first-order chi connectivity index (χ1) is 10.1. The van der Waals surface area contributed by atoms with Crippen molar-refractivity contribution in [3.63, 3.8) is 0 Å². The Morgan fingerprint density at radius 3 is 2.52 bits per heavy atom. The number of hydrazone groups is 1. The van der Waals surface area contributed by atoms with E-state index in [1.807, 2.05) is 23.9 Å². The van der Waals surface area contributed by atoms with Gasteiger partial charge in [0.1, 0.15) is 0 Å². The first-order valence-electron chi connectivity index (χ1n) is 6.34. The average Bonchev–Trinajstić information content (AvgIpc) is 2.46. The molecule has 0 aromatic heterocycles. The molecule has 1 aliphatic rings. The Hall–Kier alpha value is -0.870. The molecule has 6 heteroatoms. The quantitative estimate of drug-likeness (QED) is 0.671. The molecule has 2 aromatic carbocycles. The van der Waals surface area contributed by atoms with Crippen LogP contribution in [-0.4, -0.2) is 11.5 Å². The monoisotopic (exact) mass is 356 g/mol. The highest BCUT2D eigenvalue weighted by Crippen LogP contribution is 2.34. The molecule has 0 bridgehead atoms. The van der Waals surface area contributed by atoms with E-state index in [9.17, 15) is 0 Å². The molecule has 1 heterocycles. The normalized spacial score (nSPS) is 15.9. The van der Waals surface area contributed by atoms with Gasteiger partial charge in [0, 0.05) is 27.7 Å². The molecule has 3 rings (SSSR count). The molecule has 0 unspecified atom stereocenters. The van der Waals surface area contributed by atoms with E-state index in [2.05, 4.69) is 22.7 Å². The second kappa shape index (κ2) is 6.49. The summed E-state index contributed by atoms with van der Waals surface area (Å²) < 4.78 is 0. The predicted octanol–water partition coefficient (Wildman–Crippen LogP) is 5.96. The van der Waals surface area contributed by atoms with Crippen LogP contribution in [0.15, 0.2) is 46.4 Å². The highest BCUT2D eigenvalue weighted by atomic mass is 35.5. The van der Waals surface area contributed by atoms with Gasteiger partial charge in [-0.2, -0.15) is 5.10 Å². The van der Waals surface area contributed by atoms with Crippen LogP contribution < -0.4 is 5.43 Å². The predicted molar refractivity (Wildman–Crippen MR) is 93.4 cm³/mol. The summed E-state index contributed by atoms with van der Waals surface area (Å²) in [6, 6.07) is 11.5. The fourth-order valence-corrected chi connectivity index (χ4v) is 4.04. The van der Waals surface area contributed by atoms with E-state index in [0.29, 0.717) is 20.8 Å². The summed E-state index contributed by atoms with van der Waals surface area (Å²) in [7, 11) is 0. The van der Waals surface area contributed by atoms with Gasteiger partial charge in [-0.1, -0.05) is 53.0 Å². The zero-order valence-electron chi connectivity index (χ0n) is 10.9. The molecule has 1 aliphatic heterocycles. The maximum Gasteiger partial charge on any atom is 0.0935 e. The van der Waals surface area contributed by atoms with E-state index in [0.717, 1.165) is 23.4 Å². The Balaban J connectivity index is 1.91. The van der Waals surface area contributed by atoms with E-state index in [-0.39, 0.29) is 0 Å². The minimum Gasteiger partial charge on any atom is -0.275 e. The Kier molecular flexibility index (Phi) is 4.65. The standard InChI is InChI=1S/C15H11Cl3N2S/c16-9-7-11(17)15(12(18)8-9)20-19-13-5-6-21-14-4-2-1-3-10(13)14/h1-4,7-8,20H,5-6H2/b19-13-. The molecule has 21 heavy (non-hydrogen) atoms. The lowest BCUT2D eigenvalue weighted by atomic mass is 10.1. The van der Waals surface area contributed by atoms with E-state index >= 15 is 0 Å². The van der Waals surface area contributed by atoms with Crippen molar-refractivity contribution >= 4 is 58.0 Å². The van der Waals surface area contributed by atoms with Crippen molar-refractivity contribution in [3.8, 4) is 0 Å². The second-order valence-corrected chi connectivity index (χ2v) is 6.90. The summed E-state index contributed by atoms with van der Waals surface area (Å²) in [5, 5.41) is 5.90. The fraction of sp³-hybridized carbons (Fsp3) is 0.133. The smallest absolute Gasteiger partial charge is 0.0935 e. The van der Waals surface area contributed by atoms with Crippen molar-refractivity contribution in [2.24, 2.45) is 5.10 Å². The maximum absolute atomic E-state index is 6.15. The van der Waals surface area contributed by atoms with E-state index in [4.69, 9.17) is 34.8 Å². The lowest BCUT2D eigenvalue weighted by Crippen LogP contribution is -2.11. The fourth-order valence-electron chi connectivity index (χ4n) is 2.11. The average molecular weight is 358 g/mol. The molecule has 0 spiro atoms. The Morgan fingerprint density at radius 1 is 1.05 bits per heavy atom. The van der Waals surface area contributed by atoms with Gasteiger partial charge in [-0.15, -0.1) is 11.8 Å². The first-order valence-corrected chi connectivity index (χ1v) is 8.46. The largest absolute Gasteiger partial charge is 0.275 e. The molecule has 0 fully saturated rings. The van der Waals surface area contributed by atoms with Crippen LogP contribution in [0.4, 0.5) is 5.69 Å². The molecule has 0 saturated carbocycles. The number of hydrogen-bond acceptors (Lipinski definition) is 3. The molecule has 0 atom stereocenters. The third-order valence-electron chi connectivity index (χ3n) is 3.10. The number of thioether (sulfide) groups is 1. The van der Waals surface area contributed by atoms with Crippen molar-refractivity contribution in [3.05, 3.63) is 57.0 Å². The lowest BCUT2D eigenvalue weighted by molar-refractivity contribution is 1.19. The van der Waals surface area contributed by atoms with Crippen molar-refractivity contribution in [2.75, 3.05) is 11.2 Å². The zero-order chi connectivity index (χ0) is 14.8. The van der Waals surface area contributed by atoms with Gasteiger partial charge in [-0.25, -0.2) is 0 Å². The van der Waals surface area contributed by atoms with E-state index < -0.39 is 0 Å². The lowest BCUT2D eigenvalue weighted by Gasteiger charge is -2.17. The minimum absolute atomic E-state index is 0.454. The topological polar surface area (TPSA) is 24.4 Å². The van der Waals surface area contributed by atoms with Crippen molar-refractivity contribution in [1.29, 1.82) is 0 Å². The number of benzene rings is 2. The van der Waals surface area contributed by atoms with Gasteiger partial charge in [0.05, 0.1) is 21.4 Å². The molecule has 2 nitrogen and oxygen atoms in total. The zero-order valence-corrected chi connectivity index (χ0v) is 14.0. The van der Waals surface area contributed by atoms with Gasteiger partial charge in [0.15, 0.2) is 0 Å². The van der Waals surface area contributed by atoms with Crippen LogP contribution in [-0.2, 0) is 0 Å². The van der Waals surface area contributed by atoms with Crippen LogP contribution >= 0.6 is 46.6 Å². The molecule has 108 valence electrons. The molecule has 0 radical (unpaired) electrons. The minimum atomic E-state index is 0.454. The van der Waals surface area contributed by atoms with Crippen LogP contribution in [0.2, 0.25) is 15.1 Å². The molecule has 0 saturated heterocycles. The first kappa shape index (κ1) is 15.0. The van der Waals surface area contributed by atoms with Gasteiger partial charge >= 0.3 is 0 Å². The summed E-state index contributed by atoms with van der Waals surface area (Å²) in [6.45, 7) is 0. The number of rotatable bonds is 2. The number of nitrogens with zero attached hydrogens (tertiary/aromatic N) is 1. The molecule has 2 aromatic rings. The maximum atomic E-state index is 6.15. The van der Waals surface area contributed by atoms with E-state index in [1.165, 1.54) is 4.90 Å². The Labute approximate surface area is 142 Å². The third kappa shape index (κ3) is 3.32. The number of nitrogens with one attached hydrogen (secondary N) is 1. The molecular formula is C15H11Cl3N2S. The van der Waals surface area contributed by atoms with Crippen LogP contribution in [0.1, 0.15) is 12.0 Å². The number of halogens is 3. The summed E-state index contributed by atoms with van der Waals surface area (Å²) in [5.74, 6) is 1.01. The summed E-state index contributed by atoms with van der Waals surface area (Å²) >= 11 is 20.0. The number of anilines is 1. The van der Waals surface area contributed by atoms with Crippen LogP contribution in [0.25, 0.3) is 0 Å². The van der Waals surface area contributed by atoms with Crippen molar-refractivity contribution in [2.45, 2.75) is 11.3 Å². The summed E-state index contributed by atoms with van der Waals surface area (Å²) in [5.41, 5.74) is 5.71. The van der Waals surface area contributed by atoms with Crippen LogP contribution in [0.5, 0.6) is 0 Å². The Morgan fingerprint density at radius 2 is 1.76 bits per heavy atom. The number of hydrogen-bond donors (Lipinski definition) is 1. The van der Waals surface area contributed by atoms with Gasteiger partial charge < -0.3 is 0 Å². The SMILES string of the molecule is Clc1cc(Cl)c(N/N=C2/CCSc3ccccc32)c(Cl)c1. The van der Waals surface area contributed by atoms with Gasteiger partial charge in [-0.05, 0) is 18.2 Å². The summed E-state index contributed by atoms with van der Waals surface area (Å²) in [4.78, 5) is 1.25. The molecule has 1 N–H and O–H groups in total. The third-order valence-corrected chi connectivity index (χ3v) is 4.99. The highest BCUT2D eigenvalue weighted by molar-refractivity contribution is 7.99. The van der Waals surface area contributed by atoms with Crippen molar-refractivity contribution < 1.29 is 0 Å². The van der Waals surface area contributed by atoms with Crippen LogP contribution in [0, 0.1) is 0 Å². The van der Waals surface area contributed by atoms with Crippen LogP contribution in [0.3, 0.4) is 0 Å². The van der Waals surface area contributed by atoms with Crippen molar-refractivity contribution in [1.82, 2.24) is 0 Å². The van der Waals surface area contributed by atoms with Gasteiger partial charge in [0.25, 0.3) is 0 Å². The molecular weight excluding hydrogens is 347 g/mol. The van der Waals surface area contributed by atoms with Gasteiger partial charge in [0.2, 0.25) is 0 Å². The molecule has 0 aliphatic carbocycles. The molecule has 0 amide bonds. The van der Waals surface area contributed by atoms with Gasteiger partial charge in [-0.3, -0.25) is 5.43 Å². The number of fused-ring (bicyclic) bond motifs is 1. The highest BCUT2D eigenvalue weighted by Gasteiger charge is 2.16. The van der Waals surface area contributed by atoms with E-state index in [1.54, 1.807) is 12.1 Å².